The monoisotopic (exact) mass is 276 g/mol. The summed E-state index contributed by atoms with van der Waals surface area (Å²) >= 11 is 0. The summed E-state index contributed by atoms with van der Waals surface area (Å²) in [4.78, 5) is 11.1. The number of anilines is 1. The van der Waals surface area contributed by atoms with Crippen LogP contribution in [-0.4, -0.2) is 15.8 Å². The molecule has 1 aromatic carbocycles. The number of primary amides is 1. The van der Waals surface area contributed by atoms with E-state index in [0.717, 1.165) is 5.69 Å². The van der Waals surface area contributed by atoms with Crippen LogP contribution in [0.4, 0.5) is 15.0 Å². The van der Waals surface area contributed by atoms with E-state index >= 15 is 0 Å². The maximum atomic E-state index is 13.9. The van der Waals surface area contributed by atoms with E-state index in [0.29, 0.717) is 5.82 Å². The lowest BCUT2D eigenvalue weighted by atomic mass is 9.92. The lowest BCUT2D eigenvalue weighted by Gasteiger charge is -2.14. The summed E-state index contributed by atoms with van der Waals surface area (Å²) in [6.07, 6.45) is 0. The van der Waals surface area contributed by atoms with Crippen LogP contribution in [-0.2, 0) is 5.41 Å². The van der Waals surface area contributed by atoms with E-state index in [-0.39, 0.29) is 11.1 Å². The minimum absolute atomic E-state index is 0.232. The predicted molar refractivity (Wildman–Crippen MR) is 75.4 cm³/mol. The minimum Gasteiger partial charge on any atom is -0.351 e. The van der Waals surface area contributed by atoms with Gasteiger partial charge in [-0.05, 0) is 12.1 Å². The van der Waals surface area contributed by atoms with Crippen LogP contribution < -0.4 is 11.1 Å². The number of nitrogens with two attached hydrogens (primary N) is 1. The summed E-state index contributed by atoms with van der Waals surface area (Å²) in [6.45, 7) is 5.94. The van der Waals surface area contributed by atoms with Gasteiger partial charge in [0.15, 0.2) is 0 Å². The third-order valence-corrected chi connectivity index (χ3v) is 2.81. The molecule has 2 amide bonds. The Bertz CT molecular complexity index is 643. The van der Waals surface area contributed by atoms with Crippen molar-refractivity contribution in [3.05, 3.63) is 41.8 Å². The molecule has 0 bridgehead atoms. The van der Waals surface area contributed by atoms with Crippen molar-refractivity contribution in [2.24, 2.45) is 5.73 Å². The first-order valence-corrected chi connectivity index (χ1v) is 6.21. The molecule has 1 heterocycles. The Balaban J connectivity index is 2.59. The zero-order chi connectivity index (χ0) is 14.9. The highest BCUT2D eigenvalue weighted by Gasteiger charge is 2.22. The molecule has 0 saturated heterocycles. The van der Waals surface area contributed by atoms with Crippen LogP contribution in [0.2, 0.25) is 0 Å². The Labute approximate surface area is 116 Å². The number of carbonyl (C=O) groups excluding carboxylic acids is 1. The van der Waals surface area contributed by atoms with Crippen LogP contribution in [0.25, 0.3) is 5.69 Å². The Morgan fingerprint density at radius 3 is 2.55 bits per heavy atom. The Morgan fingerprint density at radius 1 is 1.35 bits per heavy atom. The van der Waals surface area contributed by atoms with Crippen LogP contribution in [0.15, 0.2) is 30.3 Å². The molecule has 0 aliphatic heterocycles. The van der Waals surface area contributed by atoms with E-state index in [4.69, 9.17) is 5.73 Å². The zero-order valence-electron chi connectivity index (χ0n) is 11.6. The molecule has 1 aromatic heterocycles. The second-order valence-electron chi connectivity index (χ2n) is 5.52. The molecule has 0 aliphatic carbocycles. The highest BCUT2D eigenvalue weighted by atomic mass is 19.1. The van der Waals surface area contributed by atoms with Gasteiger partial charge >= 0.3 is 6.03 Å². The zero-order valence-corrected chi connectivity index (χ0v) is 11.6. The Kier molecular flexibility index (Phi) is 3.48. The average molecular weight is 276 g/mol. The van der Waals surface area contributed by atoms with Crippen molar-refractivity contribution in [1.29, 1.82) is 0 Å². The van der Waals surface area contributed by atoms with E-state index < -0.39 is 11.8 Å². The molecule has 2 aromatic rings. The number of benzene rings is 1. The number of amides is 2. The predicted octanol–water partition coefficient (Wildman–Crippen LogP) is 2.80. The standard InChI is InChI=1S/C14H17FN4O/c1-14(2,3)11-8-12(17-13(16)20)19(18-11)10-7-5-4-6-9(10)15/h4-8H,1-3H3,(H3,16,17,20). The van der Waals surface area contributed by atoms with Crippen molar-refractivity contribution in [2.75, 3.05) is 5.32 Å². The fourth-order valence-corrected chi connectivity index (χ4v) is 1.77. The molecule has 0 spiro atoms. The molecule has 5 nitrogen and oxygen atoms in total. The second-order valence-corrected chi connectivity index (χ2v) is 5.52. The maximum absolute atomic E-state index is 13.9. The summed E-state index contributed by atoms with van der Waals surface area (Å²) < 4.78 is 15.2. The lowest BCUT2D eigenvalue weighted by Crippen LogP contribution is -2.21. The number of nitrogens with one attached hydrogen (secondary N) is 1. The quantitative estimate of drug-likeness (QED) is 0.885. The molecule has 0 unspecified atom stereocenters. The van der Waals surface area contributed by atoms with Gasteiger partial charge in [-0.3, -0.25) is 5.32 Å². The smallest absolute Gasteiger partial charge is 0.317 e. The number of urea groups is 1. The van der Waals surface area contributed by atoms with Gasteiger partial charge in [0.2, 0.25) is 0 Å². The van der Waals surface area contributed by atoms with Crippen LogP contribution in [0.5, 0.6) is 0 Å². The number of hydrogen-bond donors (Lipinski definition) is 2. The molecular formula is C14H17FN4O. The number of halogens is 1. The third kappa shape index (κ3) is 2.79. The molecule has 2 rings (SSSR count). The number of carbonyl (C=O) groups is 1. The molecule has 0 fully saturated rings. The van der Waals surface area contributed by atoms with Crippen molar-refractivity contribution in [3.8, 4) is 5.69 Å². The van der Waals surface area contributed by atoms with Gasteiger partial charge in [0, 0.05) is 11.5 Å². The van der Waals surface area contributed by atoms with Gasteiger partial charge in [0.05, 0.1) is 5.69 Å². The van der Waals surface area contributed by atoms with Crippen LogP contribution in [0.1, 0.15) is 26.5 Å². The fraction of sp³-hybridized carbons (Fsp3) is 0.286. The lowest BCUT2D eigenvalue weighted by molar-refractivity contribution is 0.259. The highest BCUT2D eigenvalue weighted by Crippen LogP contribution is 2.26. The molecule has 0 saturated carbocycles. The van der Waals surface area contributed by atoms with Gasteiger partial charge in [-0.2, -0.15) is 5.10 Å². The molecule has 0 radical (unpaired) electrons. The number of rotatable bonds is 2. The summed E-state index contributed by atoms with van der Waals surface area (Å²) in [5, 5.41) is 6.84. The SMILES string of the molecule is CC(C)(C)c1cc(NC(N)=O)n(-c2ccccc2F)n1. The van der Waals surface area contributed by atoms with Crippen molar-refractivity contribution < 1.29 is 9.18 Å². The van der Waals surface area contributed by atoms with Crippen molar-refractivity contribution in [2.45, 2.75) is 26.2 Å². The molecule has 0 aliphatic rings. The fourth-order valence-electron chi connectivity index (χ4n) is 1.77. The average Bonchev–Trinajstić information content (AvgIpc) is 2.72. The van der Waals surface area contributed by atoms with Crippen molar-refractivity contribution >= 4 is 11.8 Å². The normalized spacial score (nSPS) is 11.4. The van der Waals surface area contributed by atoms with E-state index in [9.17, 15) is 9.18 Å². The molecular weight excluding hydrogens is 259 g/mol. The number of para-hydroxylation sites is 1. The van der Waals surface area contributed by atoms with Gasteiger partial charge in [-0.25, -0.2) is 13.9 Å². The minimum atomic E-state index is -0.719. The topological polar surface area (TPSA) is 72.9 Å². The molecule has 6 heteroatoms. The van der Waals surface area contributed by atoms with Crippen LogP contribution in [0, 0.1) is 5.82 Å². The largest absolute Gasteiger partial charge is 0.351 e. The molecule has 3 N–H and O–H groups in total. The first-order chi connectivity index (χ1) is 9.29. The van der Waals surface area contributed by atoms with E-state index in [1.54, 1.807) is 24.3 Å². The highest BCUT2D eigenvalue weighted by molar-refractivity contribution is 5.87. The molecule has 106 valence electrons. The van der Waals surface area contributed by atoms with Gasteiger partial charge in [0.1, 0.15) is 17.3 Å². The van der Waals surface area contributed by atoms with Gasteiger partial charge < -0.3 is 5.73 Å². The number of hydrogen-bond acceptors (Lipinski definition) is 2. The van der Waals surface area contributed by atoms with Crippen molar-refractivity contribution in [3.63, 3.8) is 0 Å². The van der Waals surface area contributed by atoms with Crippen LogP contribution >= 0.6 is 0 Å². The number of nitrogens with zero attached hydrogens (tertiary/aromatic N) is 2. The summed E-state index contributed by atoms with van der Waals surface area (Å²) in [5.74, 6) is -0.0869. The molecule has 0 atom stereocenters. The molecule has 20 heavy (non-hydrogen) atoms. The Hall–Kier alpha value is -2.37. The summed E-state index contributed by atoms with van der Waals surface area (Å²) in [6, 6.07) is 7.18. The van der Waals surface area contributed by atoms with E-state index in [1.165, 1.54) is 10.7 Å². The first-order valence-electron chi connectivity index (χ1n) is 6.21. The summed E-state index contributed by atoms with van der Waals surface area (Å²) in [5.41, 5.74) is 5.89. The van der Waals surface area contributed by atoms with E-state index in [2.05, 4.69) is 10.4 Å². The van der Waals surface area contributed by atoms with E-state index in [1.807, 2.05) is 20.8 Å². The van der Waals surface area contributed by atoms with Gasteiger partial charge in [0.25, 0.3) is 0 Å². The van der Waals surface area contributed by atoms with Crippen molar-refractivity contribution in [1.82, 2.24) is 9.78 Å². The van der Waals surface area contributed by atoms with Crippen LogP contribution in [0.3, 0.4) is 0 Å². The Morgan fingerprint density at radius 2 is 2.00 bits per heavy atom. The number of aromatic nitrogens is 2. The van der Waals surface area contributed by atoms with Gasteiger partial charge in [-0.1, -0.05) is 32.9 Å². The van der Waals surface area contributed by atoms with Gasteiger partial charge in [-0.15, -0.1) is 0 Å². The maximum Gasteiger partial charge on any atom is 0.317 e. The second kappa shape index (κ2) is 4.96. The third-order valence-electron chi connectivity index (χ3n) is 2.81. The summed E-state index contributed by atoms with van der Waals surface area (Å²) in [7, 11) is 0. The first kappa shape index (κ1) is 14.0.